The number of hydrogen-bond acceptors (Lipinski definition) is 8. The van der Waals surface area contributed by atoms with E-state index in [4.69, 9.17) is 33.1 Å². The predicted octanol–water partition coefficient (Wildman–Crippen LogP) is -5.20. The van der Waals surface area contributed by atoms with E-state index in [2.05, 4.69) is 20.9 Å². The molecule has 0 saturated heterocycles. The summed E-state index contributed by atoms with van der Waals surface area (Å²) in [6, 6.07) is -3.80. The van der Waals surface area contributed by atoms with E-state index in [-0.39, 0.29) is 38.2 Å². The summed E-state index contributed by atoms with van der Waals surface area (Å²) in [5.41, 5.74) is 21.0. The van der Waals surface area contributed by atoms with E-state index in [1.807, 2.05) is 0 Å². The zero-order valence-electron chi connectivity index (χ0n) is 16.9. The van der Waals surface area contributed by atoms with Crippen LogP contribution in [0.5, 0.6) is 0 Å². The molecule has 0 bridgehead atoms. The number of amides is 4. The van der Waals surface area contributed by atoms with E-state index in [0.717, 1.165) is 0 Å². The van der Waals surface area contributed by atoms with Gasteiger partial charge in [0.25, 0.3) is 0 Å². The summed E-state index contributed by atoms with van der Waals surface area (Å²) in [5, 5.41) is 24.7. The number of nitrogens with two attached hydrogens (primary N) is 4. The Morgan fingerprint density at radius 3 is 2.10 bits per heavy atom. The van der Waals surface area contributed by atoms with E-state index in [0.29, 0.717) is 0 Å². The van der Waals surface area contributed by atoms with Crippen molar-refractivity contribution in [3.63, 3.8) is 0 Å². The molecule has 0 heterocycles. The molecule has 0 aromatic rings. The van der Waals surface area contributed by atoms with Gasteiger partial charge in [-0.1, -0.05) is 0 Å². The fourth-order valence-electron chi connectivity index (χ4n) is 2.20. The Kier molecular flexibility index (Phi) is 12.9. The third-order valence-electron chi connectivity index (χ3n) is 3.86. The van der Waals surface area contributed by atoms with Crippen LogP contribution in [0.3, 0.4) is 0 Å². The zero-order chi connectivity index (χ0) is 24.0. The lowest BCUT2D eigenvalue weighted by Crippen LogP contribution is -2.54. The third-order valence-corrected chi connectivity index (χ3v) is 3.86. The van der Waals surface area contributed by atoms with Crippen LogP contribution in [0.4, 0.5) is 0 Å². The molecule has 0 aliphatic rings. The highest BCUT2D eigenvalue weighted by molar-refractivity contribution is 5.92. The Morgan fingerprint density at radius 2 is 1.58 bits per heavy atom. The van der Waals surface area contributed by atoms with Crippen LogP contribution >= 0.6 is 0 Å². The summed E-state index contributed by atoms with van der Waals surface area (Å²) >= 11 is 0. The van der Waals surface area contributed by atoms with Crippen molar-refractivity contribution in [2.45, 2.75) is 43.8 Å². The van der Waals surface area contributed by atoms with Gasteiger partial charge in [0.05, 0.1) is 19.2 Å². The molecule has 0 saturated carbocycles. The van der Waals surface area contributed by atoms with Crippen molar-refractivity contribution in [2.24, 2.45) is 27.9 Å². The van der Waals surface area contributed by atoms with Gasteiger partial charge in [0.15, 0.2) is 5.96 Å². The number of aliphatic hydroxyl groups is 1. The number of aliphatic imine (C=N–C) groups is 1. The average molecular weight is 446 g/mol. The van der Waals surface area contributed by atoms with Crippen molar-refractivity contribution in [3.8, 4) is 0 Å². The molecule has 31 heavy (non-hydrogen) atoms. The topological polar surface area (TPSA) is 278 Å². The van der Waals surface area contributed by atoms with E-state index in [1.54, 1.807) is 0 Å². The van der Waals surface area contributed by atoms with Gasteiger partial charge in [0, 0.05) is 13.0 Å². The highest BCUT2D eigenvalue weighted by atomic mass is 16.4. The quantitative estimate of drug-likeness (QED) is 0.0654. The number of hydrogen-bond donors (Lipinski definition) is 9. The maximum Gasteiger partial charge on any atom is 0.328 e. The molecule has 0 aliphatic heterocycles. The first kappa shape index (κ1) is 27.5. The number of carbonyl (C=O) groups excluding carboxylic acids is 4. The first-order valence-corrected chi connectivity index (χ1v) is 9.28. The maximum absolute atomic E-state index is 12.3. The lowest BCUT2D eigenvalue weighted by molar-refractivity contribution is -0.143. The number of primary amides is 1. The number of aliphatic carboxylic acids is 1. The Morgan fingerprint density at radius 1 is 0.935 bits per heavy atom. The molecule has 4 amide bonds. The van der Waals surface area contributed by atoms with Crippen LogP contribution in [-0.4, -0.2) is 83.6 Å². The fraction of sp³-hybridized carbons (Fsp3) is 0.625. The van der Waals surface area contributed by atoms with Crippen molar-refractivity contribution in [1.29, 1.82) is 0 Å². The second-order valence-corrected chi connectivity index (χ2v) is 6.48. The smallest absolute Gasteiger partial charge is 0.328 e. The number of carbonyl (C=O) groups is 5. The summed E-state index contributed by atoms with van der Waals surface area (Å²) in [6.07, 6.45) is 0.195. The number of nitrogens with zero attached hydrogens (tertiary/aromatic N) is 1. The van der Waals surface area contributed by atoms with Crippen molar-refractivity contribution >= 4 is 35.6 Å². The molecular weight excluding hydrogens is 416 g/mol. The van der Waals surface area contributed by atoms with Gasteiger partial charge in [-0.25, -0.2) is 4.79 Å². The summed E-state index contributed by atoms with van der Waals surface area (Å²) in [4.78, 5) is 61.7. The van der Waals surface area contributed by atoms with Gasteiger partial charge in [-0.3, -0.25) is 24.2 Å². The Labute approximate surface area is 178 Å². The van der Waals surface area contributed by atoms with E-state index in [9.17, 15) is 24.0 Å². The highest BCUT2D eigenvalue weighted by Gasteiger charge is 2.26. The number of nitrogens with one attached hydrogen (secondary N) is 3. The van der Waals surface area contributed by atoms with Crippen molar-refractivity contribution in [1.82, 2.24) is 16.0 Å². The molecule has 15 nitrogen and oxygen atoms in total. The van der Waals surface area contributed by atoms with Gasteiger partial charge in [0.2, 0.25) is 23.6 Å². The summed E-state index contributed by atoms with van der Waals surface area (Å²) in [6.45, 7) is -1.23. The van der Waals surface area contributed by atoms with Crippen LogP contribution in [0.15, 0.2) is 4.99 Å². The molecule has 15 heteroatoms. The van der Waals surface area contributed by atoms with E-state index < -0.39 is 60.9 Å². The number of aliphatic hydroxyl groups excluding tert-OH is 1. The largest absolute Gasteiger partial charge is 0.480 e. The molecule has 3 atom stereocenters. The Bertz CT molecular complexity index is 681. The molecule has 3 unspecified atom stereocenters. The minimum atomic E-state index is -1.56. The van der Waals surface area contributed by atoms with Crippen LogP contribution in [0.25, 0.3) is 0 Å². The second kappa shape index (κ2) is 14.5. The number of carboxylic acids is 1. The standard InChI is InChI=1S/C16H30N8O7/c17-8(3-4-11(18)26)13(28)22-6-12(27)23-9(2-1-5-21-16(19)20)14(29)24-10(7-25)15(30)31/h8-10,25H,1-7,17H2,(H2,18,26)(H,22,28)(H,23,27)(H,24,29)(H,30,31)(H4,19,20,21). The fourth-order valence-corrected chi connectivity index (χ4v) is 2.20. The lowest BCUT2D eigenvalue weighted by atomic mass is 10.1. The number of rotatable bonds is 15. The van der Waals surface area contributed by atoms with E-state index in [1.165, 1.54) is 0 Å². The first-order valence-electron chi connectivity index (χ1n) is 9.28. The molecule has 0 rings (SSSR count). The van der Waals surface area contributed by atoms with Crippen LogP contribution in [-0.2, 0) is 24.0 Å². The molecule has 0 aromatic carbocycles. The van der Waals surface area contributed by atoms with Gasteiger partial charge in [-0.2, -0.15) is 0 Å². The van der Waals surface area contributed by atoms with Crippen LogP contribution < -0.4 is 38.9 Å². The molecule has 176 valence electrons. The maximum atomic E-state index is 12.3. The average Bonchev–Trinajstić information content (AvgIpc) is 2.69. The number of carboxylic acid groups (broad SMARTS) is 1. The zero-order valence-corrected chi connectivity index (χ0v) is 16.9. The van der Waals surface area contributed by atoms with Crippen LogP contribution in [0, 0.1) is 0 Å². The molecular formula is C16H30N8O7. The van der Waals surface area contributed by atoms with Crippen molar-refractivity contribution in [3.05, 3.63) is 0 Å². The van der Waals surface area contributed by atoms with Gasteiger partial charge < -0.3 is 49.1 Å². The molecule has 0 aromatic heterocycles. The van der Waals surface area contributed by atoms with E-state index >= 15 is 0 Å². The first-order chi connectivity index (χ1) is 14.5. The monoisotopic (exact) mass is 446 g/mol. The normalized spacial score (nSPS) is 13.2. The Hall–Kier alpha value is -3.46. The minimum absolute atomic E-state index is 0.00363. The lowest BCUT2D eigenvalue weighted by Gasteiger charge is -2.21. The van der Waals surface area contributed by atoms with Gasteiger partial charge >= 0.3 is 5.97 Å². The molecule has 0 spiro atoms. The molecule has 0 radical (unpaired) electrons. The number of guanidine groups is 1. The second-order valence-electron chi connectivity index (χ2n) is 6.48. The highest BCUT2D eigenvalue weighted by Crippen LogP contribution is 2.00. The molecule has 0 aliphatic carbocycles. The third kappa shape index (κ3) is 12.7. The Balaban J connectivity index is 4.87. The summed E-state index contributed by atoms with van der Waals surface area (Å²) in [7, 11) is 0. The van der Waals surface area contributed by atoms with Gasteiger partial charge in [-0.15, -0.1) is 0 Å². The van der Waals surface area contributed by atoms with Crippen molar-refractivity contribution < 1.29 is 34.2 Å². The van der Waals surface area contributed by atoms with Crippen molar-refractivity contribution in [2.75, 3.05) is 19.7 Å². The molecule has 0 fully saturated rings. The SMILES string of the molecule is NC(=O)CCC(N)C(=O)NCC(=O)NC(CCCN=C(N)N)C(=O)NC(CO)C(=O)O. The molecule has 13 N–H and O–H groups in total. The minimum Gasteiger partial charge on any atom is -0.480 e. The predicted molar refractivity (Wildman–Crippen MR) is 108 cm³/mol. The van der Waals surface area contributed by atoms with Crippen LogP contribution in [0.1, 0.15) is 25.7 Å². The van der Waals surface area contributed by atoms with Crippen LogP contribution in [0.2, 0.25) is 0 Å². The van der Waals surface area contributed by atoms with Gasteiger partial charge in [-0.05, 0) is 19.3 Å². The van der Waals surface area contributed by atoms with Gasteiger partial charge in [0.1, 0.15) is 12.1 Å². The summed E-state index contributed by atoms with van der Waals surface area (Å²) < 4.78 is 0. The summed E-state index contributed by atoms with van der Waals surface area (Å²) in [5.74, 6) is -4.56.